The Hall–Kier alpha value is -0.880. The fourth-order valence-corrected chi connectivity index (χ4v) is 4.98. The third kappa shape index (κ3) is 2.88. The zero-order chi connectivity index (χ0) is 15.1. The van der Waals surface area contributed by atoms with Gasteiger partial charge in [-0.2, -0.15) is 0 Å². The van der Waals surface area contributed by atoms with Gasteiger partial charge in [-0.1, -0.05) is 22.4 Å². The standard InChI is InChI=1S/C15H15Br2NO3/c16-9-5-11(15(20)21)13(12(17)6-9)18-14(19)10-4-7-1-2-8(10)3-7/h5-8,10H,1-4H2,(H,18,19)(H,20,21). The van der Waals surface area contributed by atoms with Crippen LogP contribution in [0.25, 0.3) is 0 Å². The van der Waals surface area contributed by atoms with E-state index in [0.717, 1.165) is 19.3 Å². The van der Waals surface area contributed by atoms with Gasteiger partial charge >= 0.3 is 5.97 Å². The van der Waals surface area contributed by atoms with Crippen LogP contribution in [0.3, 0.4) is 0 Å². The zero-order valence-electron chi connectivity index (χ0n) is 11.2. The van der Waals surface area contributed by atoms with Gasteiger partial charge in [-0.15, -0.1) is 0 Å². The van der Waals surface area contributed by atoms with E-state index in [1.807, 2.05) is 0 Å². The van der Waals surface area contributed by atoms with Gasteiger partial charge in [0.25, 0.3) is 0 Å². The molecule has 0 heterocycles. The Morgan fingerprint density at radius 2 is 1.95 bits per heavy atom. The number of carbonyl (C=O) groups excluding carboxylic acids is 1. The molecule has 112 valence electrons. The molecule has 0 saturated heterocycles. The smallest absolute Gasteiger partial charge is 0.337 e. The molecule has 0 aromatic heterocycles. The lowest BCUT2D eigenvalue weighted by molar-refractivity contribution is -0.121. The van der Waals surface area contributed by atoms with Crippen molar-refractivity contribution < 1.29 is 14.7 Å². The molecule has 1 aromatic rings. The summed E-state index contributed by atoms with van der Waals surface area (Å²) in [5, 5.41) is 12.1. The van der Waals surface area contributed by atoms with E-state index in [0.29, 0.717) is 26.5 Å². The number of aromatic carboxylic acids is 1. The van der Waals surface area contributed by atoms with Crippen LogP contribution in [-0.2, 0) is 4.79 Å². The summed E-state index contributed by atoms with van der Waals surface area (Å²) in [5.41, 5.74) is 0.436. The predicted octanol–water partition coefficient (Wildman–Crippen LogP) is 4.28. The molecular formula is C15H15Br2NO3. The monoisotopic (exact) mass is 415 g/mol. The van der Waals surface area contributed by atoms with Crippen LogP contribution < -0.4 is 5.32 Å². The van der Waals surface area contributed by atoms with Crippen LogP contribution >= 0.6 is 31.9 Å². The van der Waals surface area contributed by atoms with E-state index >= 15 is 0 Å². The van der Waals surface area contributed by atoms with E-state index in [2.05, 4.69) is 37.2 Å². The molecule has 2 N–H and O–H groups in total. The van der Waals surface area contributed by atoms with Gasteiger partial charge in [0.2, 0.25) is 5.91 Å². The van der Waals surface area contributed by atoms with E-state index in [-0.39, 0.29) is 17.4 Å². The molecule has 4 nitrogen and oxygen atoms in total. The number of hydrogen-bond acceptors (Lipinski definition) is 2. The van der Waals surface area contributed by atoms with Gasteiger partial charge in [-0.3, -0.25) is 4.79 Å². The summed E-state index contributed by atoms with van der Waals surface area (Å²) in [6.07, 6.45) is 4.44. The molecule has 1 amide bonds. The van der Waals surface area contributed by atoms with Crippen LogP contribution in [0.5, 0.6) is 0 Å². The average molecular weight is 417 g/mol. The first-order chi connectivity index (χ1) is 9.95. The second kappa shape index (κ2) is 5.72. The van der Waals surface area contributed by atoms with Crippen molar-refractivity contribution in [2.45, 2.75) is 25.7 Å². The SMILES string of the molecule is O=C(O)c1cc(Br)cc(Br)c1NC(=O)C1CC2CCC1C2. The molecule has 0 aliphatic heterocycles. The van der Waals surface area contributed by atoms with Crippen LogP contribution in [0, 0.1) is 17.8 Å². The average Bonchev–Trinajstić information content (AvgIpc) is 3.03. The Morgan fingerprint density at radius 1 is 1.19 bits per heavy atom. The maximum Gasteiger partial charge on any atom is 0.337 e. The first-order valence-electron chi connectivity index (χ1n) is 6.99. The molecule has 2 aliphatic carbocycles. The second-order valence-corrected chi connectivity index (χ2v) is 7.66. The van der Waals surface area contributed by atoms with E-state index in [1.165, 1.54) is 12.5 Å². The fraction of sp³-hybridized carbons (Fsp3) is 0.467. The molecule has 0 spiro atoms. The highest BCUT2D eigenvalue weighted by atomic mass is 79.9. The second-order valence-electron chi connectivity index (χ2n) is 5.89. The minimum absolute atomic E-state index is 0.0286. The van der Waals surface area contributed by atoms with E-state index in [9.17, 15) is 14.7 Å². The molecule has 2 saturated carbocycles. The number of hydrogen-bond donors (Lipinski definition) is 2. The molecule has 2 bridgehead atoms. The van der Waals surface area contributed by atoms with Crippen LogP contribution in [0.2, 0.25) is 0 Å². The van der Waals surface area contributed by atoms with Gasteiger partial charge in [0.05, 0.1) is 11.3 Å². The summed E-state index contributed by atoms with van der Waals surface area (Å²) in [7, 11) is 0. The third-order valence-electron chi connectivity index (χ3n) is 4.61. The molecule has 3 atom stereocenters. The van der Waals surface area contributed by atoms with Crippen LogP contribution in [0.4, 0.5) is 5.69 Å². The number of benzene rings is 1. The zero-order valence-corrected chi connectivity index (χ0v) is 14.4. The number of amides is 1. The largest absolute Gasteiger partial charge is 0.478 e. The molecule has 6 heteroatoms. The number of carboxylic acid groups (broad SMARTS) is 1. The van der Waals surface area contributed by atoms with Gasteiger partial charge in [0.15, 0.2) is 0 Å². The van der Waals surface area contributed by atoms with Crippen LogP contribution in [0.15, 0.2) is 21.1 Å². The molecule has 3 unspecified atom stereocenters. The summed E-state index contributed by atoms with van der Waals surface area (Å²) >= 11 is 6.60. The number of carbonyl (C=O) groups is 2. The van der Waals surface area contributed by atoms with Crippen molar-refractivity contribution in [1.82, 2.24) is 0 Å². The third-order valence-corrected chi connectivity index (χ3v) is 5.69. The van der Waals surface area contributed by atoms with E-state index in [4.69, 9.17) is 0 Å². The number of nitrogens with one attached hydrogen (secondary N) is 1. The van der Waals surface area contributed by atoms with Gasteiger partial charge in [-0.05, 0) is 59.2 Å². The summed E-state index contributed by atoms with van der Waals surface area (Å²) < 4.78 is 1.23. The van der Waals surface area contributed by atoms with Crippen molar-refractivity contribution in [2.24, 2.45) is 17.8 Å². The summed E-state index contributed by atoms with van der Waals surface area (Å²) in [6.45, 7) is 0. The number of anilines is 1. The topological polar surface area (TPSA) is 66.4 Å². The Bertz CT molecular complexity index is 617. The molecule has 1 aromatic carbocycles. The molecular weight excluding hydrogens is 402 g/mol. The molecule has 2 aliphatic rings. The highest BCUT2D eigenvalue weighted by molar-refractivity contribution is 9.11. The van der Waals surface area contributed by atoms with Crippen LogP contribution in [-0.4, -0.2) is 17.0 Å². The lowest BCUT2D eigenvalue weighted by Gasteiger charge is -2.21. The molecule has 3 rings (SSSR count). The number of fused-ring (bicyclic) bond motifs is 2. The first-order valence-corrected chi connectivity index (χ1v) is 8.57. The number of rotatable bonds is 3. The van der Waals surface area contributed by atoms with E-state index < -0.39 is 5.97 Å². The maximum absolute atomic E-state index is 12.5. The fourth-order valence-electron chi connectivity index (χ4n) is 3.65. The minimum Gasteiger partial charge on any atom is -0.478 e. The lowest BCUT2D eigenvalue weighted by atomic mass is 9.88. The highest BCUT2D eigenvalue weighted by Gasteiger charge is 2.43. The van der Waals surface area contributed by atoms with E-state index in [1.54, 1.807) is 6.07 Å². The van der Waals surface area contributed by atoms with Crippen LogP contribution in [0.1, 0.15) is 36.0 Å². The Kier molecular flexibility index (Phi) is 4.10. The summed E-state index contributed by atoms with van der Waals surface area (Å²) in [4.78, 5) is 23.8. The van der Waals surface area contributed by atoms with Crippen molar-refractivity contribution in [1.29, 1.82) is 0 Å². The minimum atomic E-state index is -1.06. The Labute approximate surface area is 139 Å². The highest BCUT2D eigenvalue weighted by Crippen LogP contribution is 2.48. The predicted molar refractivity (Wildman–Crippen MR) is 86.4 cm³/mol. The quantitative estimate of drug-likeness (QED) is 0.772. The summed E-state index contributed by atoms with van der Waals surface area (Å²) in [5.74, 6) is 0.0736. The van der Waals surface area contributed by atoms with Gasteiger partial charge < -0.3 is 10.4 Å². The normalized spacial score (nSPS) is 26.9. The van der Waals surface area contributed by atoms with Crippen molar-refractivity contribution in [3.05, 3.63) is 26.6 Å². The summed E-state index contributed by atoms with van der Waals surface area (Å²) in [6, 6.07) is 3.24. The maximum atomic E-state index is 12.5. The Morgan fingerprint density at radius 3 is 2.52 bits per heavy atom. The van der Waals surface area contributed by atoms with Gasteiger partial charge in [0, 0.05) is 14.9 Å². The van der Waals surface area contributed by atoms with Crippen molar-refractivity contribution >= 4 is 49.4 Å². The molecule has 21 heavy (non-hydrogen) atoms. The number of halogens is 2. The first kappa shape index (κ1) is 15.0. The van der Waals surface area contributed by atoms with Crippen molar-refractivity contribution in [3.8, 4) is 0 Å². The van der Waals surface area contributed by atoms with Gasteiger partial charge in [-0.25, -0.2) is 4.79 Å². The molecule has 0 radical (unpaired) electrons. The van der Waals surface area contributed by atoms with Gasteiger partial charge in [0.1, 0.15) is 0 Å². The van der Waals surface area contributed by atoms with Crippen molar-refractivity contribution in [3.63, 3.8) is 0 Å². The lowest BCUT2D eigenvalue weighted by Crippen LogP contribution is -2.28. The molecule has 2 fully saturated rings. The number of carboxylic acids is 1. The van der Waals surface area contributed by atoms with Crippen molar-refractivity contribution in [2.75, 3.05) is 5.32 Å². The Balaban J connectivity index is 1.84.